The van der Waals surface area contributed by atoms with Crippen molar-refractivity contribution in [2.24, 2.45) is 0 Å². The number of carbonyl (C=O) groups excluding carboxylic acids is 1. The van der Waals surface area contributed by atoms with Gasteiger partial charge in [-0.15, -0.1) is 0 Å². The first-order chi connectivity index (χ1) is 11.6. The quantitative estimate of drug-likeness (QED) is 0.451. The van der Waals surface area contributed by atoms with E-state index in [4.69, 9.17) is 5.26 Å². The van der Waals surface area contributed by atoms with Crippen LogP contribution in [0.2, 0.25) is 0 Å². The Morgan fingerprint density at radius 2 is 2.04 bits per heavy atom. The van der Waals surface area contributed by atoms with Gasteiger partial charge in [0.15, 0.2) is 0 Å². The second-order valence-electron chi connectivity index (χ2n) is 5.29. The molecule has 4 nitrogen and oxygen atoms in total. The van der Waals surface area contributed by atoms with Crippen LogP contribution in [-0.2, 0) is 11.2 Å². The first kappa shape index (κ1) is 17.8. The standard InChI is InChI=1S/C19H18BrN3O/c1-14-5-4-7-17(11-14)23-19(24)16(12-21)13-22-10-9-15-6-2-3-8-18(15)20/h2-8,11,13,22H,9-10H2,1H3,(H,23,24)/b16-13-. The van der Waals surface area contributed by atoms with Crippen LogP contribution in [0.15, 0.2) is 64.8 Å². The summed E-state index contributed by atoms with van der Waals surface area (Å²) in [5.41, 5.74) is 2.93. The Bertz CT molecular complexity index is 793. The van der Waals surface area contributed by atoms with Crippen LogP contribution in [0.25, 0.3) is 0 Å². The molecule has 0 radical (unpaired) electrons. The molecule has 2 aromatic carbocycles. The second kappa shape index (κ2) is 8.90. The van der Waals surface area contributed by atoms with Crippen molar-refractivity contribution >= 4 is 27.5 Å². The third kappa shape index (κ3) is 5.25. The molecule has 0 unspecified atom stereocenters. The van der Waals surface area contributed by atoms with E-state index >= 15 is 0 Å². The lowest BCUT2D eigenvalue weighted by molar-refractivity contribution is -0.112. The highest BCUT2D eigenvalue weighted by molar-refractivity contribution is 9.10. The van der Waals surface area contributed by atoms with Crippen molar-refractivity contribution in [1.29, 1.82) is 5.26 Å². The largest absolute Gasteiger partial charge is 0.389 e. The van der Waals surface area contributed by atoms with Crippen molar-refractivity contribution in [3.63, 3.8) is 0 Å². The van der Waals surface area contributed by atoms with Gasteiger partial charge in [-0.1, -0.05) is 46.3 Å². The number of nitrogens with one attached hydrogen (secondary N) is 2. The Balaban J connectivity index is 1.90. The first-order valence-corrected chi connectivity index (χ1v) is 8.34. The molecule has 2 N–H and O–H groups in total. The average molecular weight is 384 g/mol. The zero-order valence-electron chi connectivity index (χ0n) is 13.3. The molecule has 0 aliphatic heterocycles. The molecule has 0 heterocycles. The van der Waals surface area contributed by atoms with Gasteiger partial charge in [0.05, 0.1) is 0 Å². The summed E-state index contributed by atoms with van der Waals surface area (Å²) < 4.78 is 1.05. The number of benzene rings is 2. The SMILES string of the molecule is Cc1cccc(NC(=O)/C(C#N)=C\NCCc2ccccc2Br)c1. The summed E-state index contributed by atoms with van der Waals surface area (Å²) in [7, 11) is 0. The molecule has 0 saturated carbocycles. The molecule has 0 fully saturated rings. The number of anilines is 1. The van der Waals surface area contributed by atoms with Gasteiger partial charge in [0.2, 0.25) is 0 Å². The Labute approximate surface area is 150 Å². The van der Waals surface area contributed by atoms with E-state index in [0.717, 1.165) is 16.5 Å². The third-order valence-electron chi connectivity index (χ3n) is 3.38. The number of amides is 1. The fraction of sp³-hybridized carbons (Fsp3) is 0.158. The van der Waals surface area contributed by atoms with Gasteiger partial charge in [0.1, 0.15) is 11.6 Å². The lowest BCUT2D eigenvalue weighted by atomic mass is 10.1. The Kier molecular flexibility index (Phi) is 6.59. The van der Waals surface area contributed by atoms with E-state index < -0.39 is 5.91 Å². The zero-order valence-corrected chi connectivity index (χ0v) is 14.9. The molecule has 1 amide bonds. The van der Waals surface area contributed by atoms with Crippen LogP contribution in [0.5, 0.6) is 0 Å². The highest BCUT2D eigenvalue weighted by Gasteiger charge is 2.09. The van der Waals surface area contributed by atoms with Crippen molar-refractivity contribution in [2.75, 3.05) is 11.9 Å². The summed E-state index contributed by atoms with van der Waals surface area (Å²) in [5, 5.41) is 14.9. The van der Waals surface area contributed by atoms with E-state index in [2.05, 4.69) is 26.6 Å². The number of hydrogen-bond acceptors (Lipinski definition) is 3. The molecule has 0 saturated heterocycles. The molecule has 0 aliphatic carbocycles. The number of halogens is 1. The lowest BCUT2D eigenvalue weighted by Gasteiger charge is -2.06. The highest BCUT2D eigenvalue weighted by Crippen LogP contribution is 2.15. The average Bonchev–Trinajstić information content (AvgIpc) is 2.56. The summed E-state index contributed by atoms with van der Waals surface area (Å²) in [6.45, 7) is 2.57. The molecule has 0 aliphatic rings. The fourth-order valence-electron chi connectivity index (χ4n) is 2.15. The number of rotatable bonds is 6. The number of nitrogens with zero attached hydrogens (tertiary/aromatic N) is 1. The molecule has 0 aromatic heterocycles. The number of carbonyl (C=O) groups is 1. The minimum Gasteiger partial charge on any atom is -0.389 e. The number of nitriles is 1. The molecule has 2 rings (SSSR count). The molecule has 0 atom stereocenters. The molecule has 122 valence electrons. The maximum Gasteiger partial charge on any atom is 0.267 e. The Morgan fingerprint density at radius 3 is 2.75 bits per heavy atom. The van der Waals surface area contributed by atoms with Gasteiger partial charge in [-0.3, -0.25) is 4.79 Å². The predicted molar refractivity (Wildman–Crippen MR) is 99.4 cm³/mol. The van der Waals surface area contributed by atoms with Gasteiger partial charge in [0, 0.05) is 22.9 Å². The van der Waals surface area contributed by atoms with E-state index in [9.17, 15) is 4.79 Å². The number of aryl methyl sites for hydroxylation is 1. The summed E-state index contributed by atoms with van der Waals surface area (Å²) in [4.78, 5) is 12.1. The summed E-state index contributed by atoms with van der Waals surface area (Å²) >= 11 is 3.50. The molecule has 2 aromatic rings. The molecular formula is C19H18BrN3O. The van der Waals surface area contributed by atoms with Gasteiger partial charge in [-0.05, 0) is 42.7 Å². The minimum atomic E-state index is -0.420. The third-order valence-corrected chi connectivity index (χ3v) is 4.16. The molecule has 0 spiro atoms. The smallest absolute Gasteiger partial charge is 0.267 e. The van der Waals surface area contributed by atoms with E-state index in [1.54, 1.807) is 6.07 Å². The van der Waals surface area contributed by atoms with E-state index in [-0.39, 0.29) is 5.57 Å². The minimum absolute atomic E-state index is 0.0450. The molecular weight excluding hydrogens is 366 g/mol. The van der Waals surface area contributed by atoms with Gasteiger partial charge in [0.25, 0.3) is 5.91 Å². The maximum atomic E-state index is 12.1. The second-order valence-corrected chi connectivity index (χ2v) is 6.14. The monoisotopic (exact) mass is 383 g/mol. The normalized spacial score (nSPS) is 10.8. The van der Waals surface area contributed by atoms with Crippen LogP contribution in [0.1, 0.15) is 11.1 Å². The van der Waals surface area contributed by atoms with Crippen LogP contribution >= 0.6 is 15.9 Å². The van der Waals surface area contributed by atoms with E-state index in [0.29, 0.717) is 12.2 Å². The van der Waals surface area contributed by atoms with Crippen LogP contribution < -0.4 is 10.6 Å². The van der Waals surface area contributed by atoms with Gasteiger partial charge in [-0.25, -0.2) is 0 Å². The van der Waals surface area contributed by atoms with E-state index in [1.807, 2.05) is 55.5 Å². The van der Waals surface area contributed by atoms with Crippen molar-refractivity contribution in [2.45, 2.75) is 13.3 Å². The summed E-state index contributed by atoms with van der Waals surface area (Å²) in [6, 6.07) is 17.3. The Hall–Kier alpha value is -2.58. The van der Waals surface area contributed by atoms with Gasteiger partial charge < -0.3 is 10.6 Å². The molecule has 5 heteroatoms. The summed E-state index contributed by atoms with van der Waals surface area (Å²) in [6.07, 6.45) is 2.25. The first-order valence-electron chi connectivity index (χ1n) is 7.55. The van der Waals surface area contributed by atoms with Crippen LogP contribution in [0, 0.1) is 18.3 Å². The van der Waals surface area contributed by atoms with Gasteiger partial charge in [-0.2, -0.15) is 5.26 Å². The topological polar surface area (TPSA) is 64.9 Å². The van der Waals surface area contributed by atoms with Crippen molar-refractivity contribution in [3.05, 3.63) is 75.9 Å². The van der Waals surface area contributed by atoms with E-state index in [1.165, 1.54) is 11.8 Å². The van der Waals surface area contributed by atoms with Crippen LogP contribution in [0.4, 0.5) is 5.69 Å². The van der Waals surface area contributed by atoms with Crippen LogP contribution in [0.3, 0.4) is 0 Å². The zero-order chi connectivity index (χ0) is 17.4. The van der Waals surface area contributed by atoms with Crippen molar-refractivity contribution in [3.8, 4) is 6.07 Å². The number of hydrogen-bond donors (Lipinski definition) is 2. The van der Waals surface area contributed by atoms with Crippen molar-refractivity contribution < 1.29 is 4.79 Å². The lowest BCUT2D eigenvalue weighted by Crippen LogP contribution is -2.18. The van der Waals surface area contributed by atoms with Crippen LogP contribution in [-0.4, -0.2) is 12.5 Å². The van der Waals surface area contributed by atoms with Gasteiger partial charge >= 0.3 is 0 Å². The molecule has 0 bridgehead atoms. The fourth-order valence-corrected chi connectivity index (χ4v) is 2.64. The highest BCUT2D eigenvalue weighted by atomic mass is 79.9. The Morgan fingerprint density at radius 1 is 1.25 bits per heavy atom. The maximum absolute atomic E-state index is 12.1. The summed E-state index contributed by atoms with van der Waals surface area (Å²) in [5.74, 6) is -0.420. The predicted octanol–water partition coefficient (Wildman–Crippen LogP) is 3.94. The molecule has 24 heavy (non-hydrogen) atoms. The van der Waals surface area contributed by atoms with Crippen molar-refractivity contribution in [1.82, 2.24) is 5.32 Å².